The average molecular weight is 670 g/mol. The summed E-state index contributed by atoms with van der Waals surface area (Å²) in [7, 11) is 1.63. The number of alkyl halides is 3. The molecule has 12 nitrogen and oxygen atoms in total. The zero-order valence-corrected chi connectivity index (χ0v) is 27.8. The second-order valence-corrected chi connectivity index (χ2v) is 12.2. The van der Waals surface area contributed by atoms with E-state index in [-0.39, 0.29) is 48.7 Å². The lowest BCUT2D eigenvalue weighted by Gasteiger charge is -2.35. The van der Waals surface area contributed by atoms with Crippen molar-refractivity contribution < 1.29 is 46.7 Å². The summed E-state index contributed by atoms with van der Waals surface area (Å²) >= 11 is 0. The zero-order valence-electron chi connectivity index (χ0n) is 27.8. The van der Waals surface area contributed by atoms with Crippen LogP contribution in [0.4, 0.5) is 29.3 Å². The molecule has 3 rings (SSSR count). The lowest BCUT2D eigenvalue weighted by molar-refractivity contribution is -0.142. The van der Waals surface area contributed by atoms with Gasteiger partial charge in [-0.05, 0) is 65.2 Å². The molecule has 1 aromatic heterocycles. The van der Waals surface area contributed by atoms with Gasteiger partial charge in [-0.1, -0.05) is 12.1 Å². The minimum atomic E-state index is -4.48. The first kappa shape index (κ1) is 37.6. The highest BCUT2D eigenvalue weighted by Gasteiger charge is 2.32. The van der Waals surface area contributed by atoms with Gasteiger partial charge < -0.3 is 39.5 Å². The van der Waals surface area contributed by atoms with Crippen molar-refractivity contribution in [1.29, 1.82) is 0 Å². The molecule has 47 heavy (non-hydrogen) atoms. The normalized spacial score (nSPS) is 20.4. The summed E-state index contributed by atoms with van der Waals surface area (Å²) in [6.45, 7) is 9.22. The molecule has 0 unspecified atom stereocenters. The summed E-state index contributed by atoms with van der Waals surface area (Å²) < 4.78 is 55.6. The van der Waals surface area contributed by atoms with Crippen molar-refractivity contribution in [3.63, 3.8) is 0 Å². The van der Waals surface area contributed by atoms with Crippen LogP contribution in [0, 0.1) is 19.8 Å². The van der Waals surface area contributed by atoms with E-state index in [4.69, 9.17) is 14.0 Å². The van der Waals surface area contributed by atoms with E-state index in [1.807, 2.05) is 13.8 Å². The molecule has 0 aliphatic carbocycles. The van der Waals surface area contributed by atoms with Crippen LogP contribution in [0.25, 0.3) is 0 Å². The van der Waals surface area contributed by atoms with Gasteiger partial charge in [0.1, 0.15) is 17.1 Å². The van der Waals surface area contributed by atoms with E-state index in [0.29, 0.717) is 30.2 Å². The van der Waals surface area contributed by atoms with Crippen molar-refractivity contribution in [3.8, 4) is 5.75 Å². The monoisotopic (exact) mass is 669 g/mol. The zero-order chi connectivity index (χ0) is 34.9. The van der Waals surface area contributed by atoms with Crippen molar-refractivity contribution >= 4 is 29.2 Å². The summed E-state index contributed by atoms with van der Waals surface area (Å²) in [4.78, 5) is 42.5. The number of nitrogens with one attached hydrogen (secondary N) is 2. The number of aryl methyl sites for hydroxylation is 2. The first-order valence-electron chi connectivity index (χ1n) is 15.7. The topological polar surface area (TPSA) is 146 Å². The highest BCUT2D eigenvalue weighted by molar-refractivity contribution is 5.99. The third kappa shape index (κ3) is 11.1. The van der Waals surface area contributed by atoms with E-state index in [0.717, 1.165) is 12.8 Å². The first-order chi connectivity index (χ1) is 22.1. The number of carbonyl (C=O) groups is 3. The van der Waals surface area contributed by atoms with Gasteiger partial charge in [-0.15, -0.1) is 0 Å². The second kappa shape index (κ2) is 16.8. The fourth-order valence-corrected chi connectivity index (χ4v) is 5.16. The van der Waals surface area contributed by atoms with Crippen molar-refractivity contribution in [2.75, 3.05) is 44.0 Å². The fourth-order valence-electron chi connectivity index (χ4n) is 5.16. The number of ether oxygens (including phenoxy) is 2. The number of aromatic nitrogens is 1. The van der Waals surface area contributed by atoms with Crippen LogP contribution in [-0.4, -0.2) is 95.7 Å². The number of amides is 4. The molecule has 2 heterocycles. The molecular weight excluding hydrogens is 623 g/mol. The minimum Gasteiger partial charge on any atom is -0.490 e. The smallest absolute Gasteiger partial charge is 0.389 e. The third-order valence-electron chi connectivity index (χ3n) is 8.04. The van der Waals surface area contributed by atoms with Crippen LogP contribution in [0.2, 0.25) is 0 Å². The summed E-state index contributed by atoms with van der Waals surface area (Å²) in [6.07, 6.45) is -5.19. The van der Waals surface area contributed by atoms with Crippen molar-refractivity contribution in [2.24, 2.45) is 5.92 Å². The number of aliphatic hydroxyl groups is 1. The number of halogens is 3. The molecule has 1 aliphatic rings. The first-order valence-corrected chi connectivity index (χ1v) is 15.7. The summed E-state index contributed by atoms with van der Waals surface area (Å²) in [5.41, 5.74) is 1.25. The maximum absolute atomic E-state index is 14.2. The molecule has 15 heteroatoms. The van der Waals surface area contributed by atoms with Crippen LogP contribution in [0.15, 0.2) is 22.7 Å². The van der Waals surface area contributed by atoms with Crippen LogP contribution in [0.5, 0.6) is 5.75 Å². The fraction of sp³-hybridized carbons (Fsp3) is 0.625. The number of urea groups is 1. The third-order valence-corrected chi connectivity index (χ3v) is 8.04. The molecule has 0 fully saturated rings. The van der Waals surface area contributed by atoms with E-state index >= 15 is 0 Å². The number of anilines is 2. The highest BCUT2D eigenvalue weighted by atomic mass is 19.4. The van der Waals surface area contributed by atoms with E-state index in [1.165, 1.54) is 28.0 Å². The Bertz CT molecular complexity index is 1350. The standard InChI is InChI=1S/C32H46F3N5O7/c1-19-16-40(20(2)18-41)30(43)25-15-24(36-28(42)12-13-32(33,34)35)10-11-26(25)46-21(3)9-7-8-14-45-27(19)17-39(6)31(44)37-29-22(4)38-47-23(29)5/h10-11,15,19-21,27,41H,7-9,12-14,16-18H2,1-6H3,(H,36,42)(H,37,44)/t19-,20-,21+,27+/m1/s1. The van der Waals surface area contributed by atoms with Gasteiger partial charge in [-0.3, -0.25) is 9.59 Å². The SMILES string of the molecule is Cc1noc(C)c1NC(=O)N(C)C[C@@H]1OCCCC[C@H](C)Oc2ccc(NC(=O)CCC(F)(F)F)cc2C(=O)N([C@H](C)CO)C[C@H]1C. The molecular formula is C32H46F3N5O7. The Balaban J connectivity index is 1.89. The Morgan fingerprint density at radius 1 is 1.19 bits per heavy atom. The number of aliphatic hydroxyl groups excluding tert-OH is 1. The maximum Gasteiger partial charge on any atom is 0.389 e. The number of fused-ring (bicyclic) bond motifs is 1. The molecule has 2 aromatic rings. The maximum atomic E-state index is 14.2. The van der Waals surface area contributed by atoms with Crippen LogP contribution >= 0.6 is 0 Å². The molecule has 262 valence electrons. The molecule has 0 radical (unpaired) electrons. The van der Waals surface area contributed by atoms with Gasteiger partial charge in [-0.25, -0.2) is 4.79 Å². The number of likely N-dealkylation sites (N-methyl/N-ethyl adjacent to an activating group) is 1. The average Bonchev–Trinajstić information content (AvgIpc) is 3.33. The van der Waals surface area contributed by atoms with Crippen molar-refractivity contribution in [2.45, 2.75) is 91.1 Å². The molecule has 1 aliphatic heterocycles. The summed E-state index contributed by atoms with van der Waals surface area (Å²) in [6, 6.07) is 3.33. The molecule has 0 saturated carbocycles. The highest BCUT2D eigenvalue weighted by Crippen LogP contribution is 2.29. The van der Waals surface area contributed by atoms with E-state index in [2.05, 4.69) is 15.8 Å². The van der Waals surface area contributed by atoms with Gasteiger partial charge in [-0.2, -0.15) is 13.2 Å². The molecule has 0 saturated heterocycles. The van der Waals surface area contributed by atoms with E-state index in [9.17, 15) is 32.7 Å². The van der Waals surface area contributed by atoms with Crippen LogP contribution in [0.1, 0.15) is 74.7 Å². The number of carbonyl (C=O) groups excluding carboxylic acids is 3. The van der Waals surface area contributed by atoms with Gasteiger partial charge in [0.05, 0.1) is 36.8 Å². The number of hydrogen-bond donors (Lipinski definition) is 3. The predicted octanol–water partition coefficient (Wildman–Crippen LogP) is 5.53. The molecule has 0 bridgehead atoms. The van der Waals surface area contributed by atoms with Crippen LogP contribution in [-0.2, 0) is 9.53 Å². The van der Waals surface area contributed by atoms with Crippen LogP contribution in [0.3, 0.4) is 0 Å². The van der Waals surface area contributed by atoms with Gasteiger partial charge in [0, 0.05) is 44.8 Å². The van der Waals surface area contributed by atoms with Gasteiger partial charge in [0.2, 0.25) is 5.91 Å². The molecule has 4 atom stereocenters. The summed E-state index contributed by atoms with van der Waals surface area (Å²) in [5.74, 6) is -0.951. The van der Waals surface area contributed by atoms with Crippen LogP contribution < -0.4 is 15.4 Å². The van der Waals surface area contributed by atoms with Crippen molar-refractivity contribution in [3.05, 3.63) is 35.2 Å². The van der Waals surface area contributed by atoms with Gasteiger partial charge in [0.25, 0.3) is 5.91 Å². The van der Waals surface area contributed by atoms with E-state index < -0.39 is 49.0 Å². The second-order valence-electron chi connectivity index (χ2n) is 12.2. The Kier molecular flexibility index (Phi) is 13.5. The predicted molar refractivity (Wildman–Crippen MR) is 168 cm³/mol. The lowest BCUT2D eigenvalue weighted by Crippen LogP contribution is -2.48. The largest absolute Gasteiger partial charge is 0.490 e. The molecule has 4 amide bonds. The number of rotatable bonds is 8. The number of benzene rings is 1. The van der Waals surface area contributed by atoms with Gasteiger partial charge in [0.15, 0.2) is 5.76 Å². The molecule has 1 aromatic carbocycles. The quantitative estimate of drug-likeness (QED) is 0.333. The Hall–Kier alpha value is -3.85. The summed E-state index contributed by atoms with van der Waals surface area (Å²) in [5, 5.41) is 19.2. The van der Waals surface area contributed by atoms with E-state index in [1.54, 1.807) is 27.8 Å². The Morgan fingerprint density at radius 3 is 2.55 bits per heavy atom. The minimum absolute atomic E-state index is 0.0865. The van der Waals surface area contributed by atoms with Crippen molar-refractivity contribution in [1.82, 2.24) is 15.0 Å². The Labute approximate surface area is 272 Å². The number of nitrogens with zero attached hydrogens (tertiary/aromatic N) is 3. The lowest BCUT2D eigenvalue weighted by atomic mass is 10.0. The molecule has 3 N–H and O–H groups in total. The molecule has 0 spiro atoms. The Morgan fingerprint density at radius 2 is 1.91 bits per heavy atom. The van der Waals surface area contributed by atoms with Gasteiger partial charge >= 0.3 is 12.2 Å². The number of hydrogen-bond acceptors (Lipinski definition) is 8.